The van der Waals surface area contributed by atoms with E-state index in [1.54, 1.807) is 6.92 Å². The molecule has 21 heavy (non-hydrogen) atoms. The van der Waals surface area contributed by atoms with Crippen molar-refractivity contribution in [1.82, 2.24) is 9.80 Å². The van der Waals surface area contributed by atoms with Gasteiger partial charge in [0.2, 0.25) is 5.91 Å². The van der Waals surface area contributed by atoms with Crippen LogP contribution in [0.4, 0.5) is 0 Å². The first-order chi connectivity index (χ1) is 10.1. The molecule has 0 radical (unpaired) electrons. The molecule has 2 fully saturated rings. The van der Waals surface area contributed by atoms with Crippen molar-refractivity contribution in [3.05, 3.63) is 34.9 Å². The van der Waals surface area contributed by atoms with E-state index in [-0.39, 0.29) is 18.1 Å². The fourth-order valence-corrected chi connectivity index (χ4v) is 3.45. The zero-order chi connectivity index (χ0) is 14.8. The van der Waals surface area contributed by atoms with Gasteiger partial charge in [-0.15, -0.1) is 0 Å². The lowest BCUT2D eigenvalue weighted by Gasteiger charge is -2.46. The first kappa shape index (κ1) is 14.8. The zero-order valence-electron chi connectivity index (χ0n) is 12.3. The van der Waals surface area contributed by atoms with Crippen molar-refractivity contribution in [1.29, 1.82) is 0 Å². The van der Waals surface area contributed by atoms with E-state index in [0.717, 1.165) is 31.1 Å². The number of halogens is 1. The Balaban J connectivity index is 1.66. The molecule has 2 heterocycles. The molecule has 5 heteroatoms. The van der Waals surface area contributed by atoms with Crippen LogP contribution in [0.15, 0.2) is 24.3 Å². The monoisotopic (exact) mass is 308 g/mol. The minimum absolute atomic E-state index is 0.154. The van der Waals surface area contributed by atoms with Gasteiger partial charge in [-0.2, -0.15) is 0 Å². The number of amides is 1. The molecule has 114 valence electrons. The Morgan fingerprint density at radius 3 is 2.81 bits per heavy atom. The van der Waals surface area contributed by atoms with Crippen molar-refractivity contribution in [3.63, 3.8) is 0 Å². The third kappa shape index (κ3) is 3.39. The van der Waals surface area contributed by atoms with Crippen LogP contribution in [-0.4, -0.2) is 54.1 Å². The van der Waals surface area contributed by atoms with Gasteiger partial charge in [-0.05, 0) is 24.1 Å². The molecule has 0 aliphatic carbocycles. The van der Waals surface area contributed by atoms with Gasteiger partial charge in [0, 0.05) is 38.1 Å². The van der Waals surface area contributed by atoms with Gasteiger partial charge >= 0.3 is 0 Å². The predicted molar refractivity (Wildman–Crippen MR) is 82.3 cm³/mol. The quantitative estimate of drug-likeness (QED) is 0.839. The molecule has 2 atom stereocenters. The van der Waals surface area contributed by atoms with Crippen LogP contribution < -0.4 is 0 Å². The summed E-state index contributed by atoms with van der Waals surface area (Å²) in [6.45, 7) is 5.82. The standard InChI is InChI=1S/C16H21ClN2O2/c1-12(20)19-8-9-21-16-6-7-18(11-15(16)19)10-13-2-4-14(17)5-3-13/h2-5,15-16H,6-11H2,1H3/t15-,16-/m1/s1. The molecule has 0 bridgehead atoms. The number of carbonyl (C=O) groups excluding carboxylic acids is 1. The molecule has 1 aromatic carbocycles. The second-order valence-electron chi connectivity index (χ2n) is 5.84. The summed E-state index contributed by atoms with van der Waals surface area (Å²) in [5.41, 5.74) is 1.25. The minimum atomic E-state index is 0.154. The van der Waals surface area contributed by atoms with Crippen molar-refractivity contribution in [2.45, 2.75) is 32.0 Å². The molecule has 0 spiro atoms. The Kier molecular flexibility index (Phi) is 4.48. The summed E-state index contributed by atoms with van der Waals surface area (Å²) in [5, 5.41) is 0.765. The Labute approximate surface area is 130 Å². The van der Waals surface area contributed by atoms with Gasteiger partial charge < -0.3 is 9.64 Å². The van der Waals surface area contributed by atoms with E-state index in [2.05, 4.69) is 17.0 Å². The fourth-order valence-electron chi connectivity index (χ4n) is 3.32. The maximum absolute atomic E-state index is 11.8. The van der Waals surface area contributed by atoms with E-state index in [1.807, 2.05) is 17.0 Å². The van der Waals surface area contributed by atoms with Crippen LogP contribution in [-0.2, 0) is 16.1 Å². The number of fused-ring (bicyclic) bond motifs is 1. The van der Waals surface area contributed by atoms with Crippen LogP contribution >= 0.6 is 11.6 Å². The van der Waals surface area contributed by atoms with Gasteiger partial charge in [-0.1, -0.05) is 23.7 Å². The molecular weight excluding hydrogens is 288 g/mol. The molecular formula is C16H21ClN2O2. The maximum atomic E-state index is 11.8. The minimum Gasteiger partial charge on any atom is -0.374 e. The maximum Gasteiger partial charge on any atom is 0.219 e. The van der Waals surface area contributed by atoms with Crippen molar-refractivity contribution >= 4 is 17.5 Å². The molecule has 4 nitrogen and oxygen atoms in total. The summed E-state index contributed by atoms with van der Waals surface area (Å²) in [4.78, 5) is 16.2. The highest BCUT2D eigenvalue weighted by Crippen LogP contribution is 2.24. The normalized spacial score (nSPS) is 26.5. The van der Waals surface area contributed by atoms with Crippen molar-refractivity contribution in [3.8, 4) is 0 Å². The molecule has 2 aliphatic heterocycles. The van der Waals surface area contributed by atoms with Gasteiger partial charge in [0.1, 0.15) is 0 Å². The van der Waals surface area contributed by atoms with Gasteiger partial charge in [0.25, 0.3) is 0 Å². The third-order valence-electron chi connectivity index (χ3n) is 4.39. The number of benzene rings is 1. The van der Waals surface area contributed by atoms with Crippen LogP contribution in [0.3, 0.4) is 0 Å². The Morgan fingerprint density at radius 2 is 2.10 bits per heavy atom. The van der Waals surface area contributed by atoms with Gasteiger partial charge in [-0.25, -0.2) is 0 Å². The first-order valence-corrected chi connectivity index (χ1v) is 7.87. The first-order valence-electron chi connectivity index (χ1n) is 7.49. The molecule has 1 aromatic rings. The molecule has 0 aromatic heterocycles. The number of likely N-dealkylation sites (tertiary alicyclic amines) is 1. The zero-order valence-corrected chi connectivity index (χ0v) is 13.1. The number of hydrogen-bond acceptors (Lipinski definition) is 3. The van der Waals surface area contributed by atoms with Crippen molar-refractivity contribution in [2.75, 3.05) is 26.2 Å². The van der Waals surface area contributed by atoms with E-state index in [1.165, 1.54) is 5.56 Å². The largest absolute Gasteiger partial charge is 0.374 e. The smallest absolute Gasteiger partial charge is 0.219 e. The highest BCUT2D eigenvalue weighted by Gasteiger charge is 2.38. The number of carbonyl (C=O) groups is 1. The van der Waals surface area contributed by atoms with E-state index in [0.29, 0.717) is 13.2 Å². The highest BCUT2D eigenvalue weighted by molar-refractivity contribution is 6.30. The van der Waals surface area contributed by atoms with E-state index in [9.17, 15) is 4.79 Å². The van der Waals surface area contributed by atoms with E-state index in [4.69, 9.17) is 16.3 Å². The molecule has 0 saturated carbocycles. The molecule has 0 unspecified atom stereocenters. The lowest BCUT2D eigenvalue weighted by molar-refractivity contribution is -0.150. The molecule has 2 aliphatic rings. The molecule has 2 saturated heterocycles. The van der Waals surface area contributed by atoms with Gasteiger partial charge in [0.15, 0.2) is 0 Å². The summed E-state index contributed by atoms with van der Waals surface area (Å²) in [6.07, 6.45) is 1.19. The lowest BCUT2D eigenvalue weighted by atomic mass is 9.98. The summed E-state index contributed by atoms with van der Waals surface area (Å²) < 4.78 is 5.84. The van der Waals surface area contributed by atoms with Crippen LogP contribution in [0.5, 0.6) is 0 Å². The summed E-state index contributed by atoms with van der Waals surface area (Å²) in [6, 6.07) is 8.17. The van der Waals surface area contributed by atoms with Crippen LogP contribution in [0.25, 0.3) is 0 Å². The fraction of sp³-hybridized carbons (Fsp3) is 0.562. The number of rotatable bonds is 2. The molecule has 1 amide bonds. The summed E-state index contributed by atoms with van der Waals surface area (Å²) >= 11 is 5.93. The number of nitrogens with zero attached hydrogens (tertiary/aromatic N) is 2. The second kappa shape index (κ2) is 6.34. The van der Waals surface area contributed by atoms with E-state index < -0.39 is 0 Å². The number of morpholine rings is 1. The predicted octanol–water partition coefficient (Wildman–Crippen LogP) is 2.16. The molecule has 3 rings (SSSR count). The topological polar surface area (TPSA) is 32.8 Å². The summed E-state index contributed by atoms with van der Waals surface area (Å²) in [5.74, 6) is 0.154. The van der Waals surface area contributed by atoms with Crippen LogP contribution in [0.2, 0.25) is 5.02 Å². The number of hydrogen-bond donors (Lipinski definition) is 0. The average Bonchev–Trinajstić information content (AvgIpc) is 2.49. The highest BCUT2D eigenvalue weighted by atomic mass is 35.5. The average molecular weight is 309 g/mol. The Bertz CT molecular complexity index is 506. The second-order valence-corrected chi connectivity index (χ2v) is 6.28. The van der Waals surface area contributed by atoms with Crippen molar-refractivity contribution < 1.29 is 9.53 Å². The SMILES string of the molecule is CC(=O)N1CCO[C@@H]2CCN(Cc3ccc(Cl)cc3)C[C@H]21. The van der Waals surface area contributed by atoms with E-state index >= 15 is 0 Å². The van der Waals surface area contributed by atoms with Gasteiger partial charge in [0.05, 0.1) is 18.8 Å². The van der Waals surface area contributed by atoms with Crippen molar-refractivity contribution in [2.24, 2.45) is 0 Å². The lowest BCUT2D eigenvalue weighted by Crippen LogP contribution is -2.60. The third-order valence-corrected chi connectivity index (χ3v) is 4.64. The number of ether oxygens (including phenoxy) is 1. The molecule has 0 N–H and O–H groups in total. The van der Waals surface area contributed by atoms with Crippen LogP contribution in [0, 0.1) is 0 Å². The Hall–Kier alpha value is -1.10. The number of piperidine rings is 1. The Morgan fingerprint density at radius 1 is 1.33 bits per heavy atom. The van der Waals surface area contributed by atoms with Crippen LogP contribution in [0.1, 0.15) is 18.9 Å². The summed E-state index contributed by atoms with van der Waals surface area (Å²) in [7, 11) is 0. The van der Waals surface area contributed by atoms with Gasteiger partial charge in [-0.3, -0.25) is 9.69 Å².